The van der Waals surface area contributed by atoms with E-state index in [-0.39, 0.29) is 0 Å². The second-order valence-electron chi connectivity index (χ2n) is 8.58. The molecule has 178 valence electrons. The molecule has 2 amide bonds. The zero-order valence-corrected chi connectivity index (χ0v) is 19.2. The highest BCUT2D eigenvalue weighted by Gasteiger charge is 2.34. The van der Waals surface area contributed by atoms with Gasteiger partial charge in [0, 0.05) is 18.1 Å². The van der Waals surface area contributed by atoms with Gasteiger partial charge < -0.3 is 20.1 Å². The lowest BCUT2D eigenvalue weighted by molar-refractivity contribution is -0.141. The molecule has 0 bridgehead atoms. The second-order valence-corrected chi connectivity index (χ2v) is 8.58. The van der Waals surface area contributed by atoms with Gasteiger partial charge in [-0.3, -0.25) is 4.98 Å². The molecule has 1 saturated carbocycles. The predicted molar refractivity (Wildman–Crippen MR) is 125 cm³/mol. The van der Waals surface area contributed by atoms with Crippen molar-refractivity contribution in [1.82, 2.24) is 15.6 Å². The van der Waals surface area contributed by atoms with Crippen LogP contribution in [0.5, 0.6) is 5.75 Å². The number of aromatic nitrogens is 1. The number of esters is 2. The van der Waals surface area contributed by atoms with Gasteiger partial charge in [0.2, 0.25) is 0 Å². The summed E-state index contributed by atoms with van der Waals surface area (Å²) in [5, 5.41) is 5.56. The Morgan fingerprint density at radius 3 is 2.56 bits per heavy atom. The first-order valence-corrected chi connectivity index (χ1v) is 11.7. The van der Waals surface area contributed by atoms with Crippen molar-refractivity contribution in [3.05, 3.63) is 71.2 Å². The largest absolute Gasteiger partial charge is 0.462 e. The number of hydrogen-bond acceptors (Lipinski definition) is 6. The van der Waals surface area contributed by atoms with Crippen molar-refractivity contribution in [2.75, 3.05) is 6.61 Å². The van der Waals surface area contributed by atoms with Crippen LogP contribution in [0.1, 0.15) is 67.4 Å². The van der Waals surface area contributed by atoms with Gasteiger partial charge >= 0.3 is 18.0 Å². The van der Waals surface area contributed by atoms with Gasteiger partial charge in [-0.15, -0.1) is 0 Å². The Labute approximate surface area is 198 Å². The number of hydrogen-bond donors (Lipinski definition) is 2. The van der Waals surface area contributed by atoms with E-state index in [0.29, 0.717) is 47.1 Å². The van der Waals surface area contributed by atoms with Crippen LogP contribution in [0, 0.1) is 5.92 Å². The highest BCUT2D eigenvalue weighted by molar-refractivity contribution is 5.95. The Bertz CT molecular complexity index is 1080. The second kappa shape index (κ2) is 11.0. The number of allylic oxidation sites excluding steroid dienone is 1. The molecule has 2 heterocycles. The maximum atomic E-state index is 13.2. The number of rotatable bonds is 7. The van der Waals surface area contributed by atoms with Gasteiger partial charge in [0.15, 0.2) is 0 Å². The van der Waals surface area contributed by atoms with Gasteiger partial charge in [0.1, 0.15) is 5.75 Å². The number of nitrogens with zero attached hydrogens (tertiary/aromatic N) is 1. The first kappa shape index (κ1) is 23.5. The maximum absolute atomic E-state index is 13.2. The molecule has 34 heavy (non-hydrogen) atoms. The summed E-state index contributed by atoms with van der Waals surface area (Å²) in [5.41, 5.74) is 1.89. The molecule has 2 aliphatic rings. The van der Waals surface area contributed by atoms with E-state index in [4.69, 9.17) is 9.47 Å². The number of nitrogens with one attached hydrogen (secondary N) is 2. The highest BCUT2D eigenvalue weighted by atomic mass is 16.5. The zero-order chi connectivity index (χ0) is 23.9. The first-order chi connectivity index (χ1) is 16.5. The van der Waals surface area contributed by atoms with Crippen LogP contribution in [0.15, 0.2) is 60.1 Å². The molecule has 0 spiro atoms. The molecule has 1 aromatic carbocycles. The number of carbonyl (C=O) groups excluding carboxylic acids is 3. The molecule has 1 aliphatic heterocycles. The summed E-state index contributed by atoms with van der Waals surface area (Å²) in [7, 11) is 0. The average Bonchev–Trinajstić information content (AvgIpc) is 2.88. The third-order valence-corrected chi connectivity index (χ3v) is 6.22. The van der Waals surface area contributed by atoms with Crippen molar-refractivity contribution >= 4 is 18.0 Å². The topological polar surface area (TPSA) is 107 Å². The normalized spacial score (nSPS) is 18.6. The smallest absolute Gasteiger partial charge is 0.343 e. The van der Waals surface area contributed by atoms with Crippen LogP contribution in [0.4, 0.5) is 4.79 Å². The lowest BCUT2D eigenvalue weighted by Gasteiger charge is -2.30. The Morgan fingerprint density at radius 2 is 1.82 bits per heavy atom. The van der Waals surface area contributed by atoms with Crippen molar-refractivity contribution in [2.45, 2.75) is 51.5 Å². The zero-order valence-electron chi connectivity index (χ0n) is 19.2. The number of carbonyl (C=O) groups is 3. The molecule has 4 rings (SSSR count). The lowest BCUT2D eigenvalue weighted by Crippen LogP contribution is -2.46. The van der Waals surface area contributed by atoms with Crippen LogP contribution >= 0.6 is 0 Å². The number of benzene rings is 1. The molecular formula is C26H29N3O5. The first-order valence-electron chi connectivity index (χ1n) is 11.7. The third kappa shape index (κ3) is 5.62. The van der Waals surface area contributed by atoms with E-state index in [0.717, 1.165) is 25.7 Å². The van der Waals surface area contributed by atoms with E-state index in [1.54, 1.807) is 36.4 Å². The lowest BCUT2D eigenvalue weighted by atomic mass is 9.90. The fourth-order valence-corrected chi connectivity index (χ4v) is 4.42. The Morgan fingerprint density at radius 1 is 1.06 bits per heavy atom. The summed E-state index contributed by atoms with van der Waals surface area (Å²) in [6.07, 6.45) is 9.18. The number of pyridine rings is 1. The van der Waals surface area contributed by atoms with Crippen LogP contribution < -0.4 is 15.4 Å². The number of amides is 2. The molecule has 0 unspecified atom stereocenters. The molecular weight excluding hydrogens is 434 g/mol. The van der Waals surface area contributed by atoms with Crippen LogP contribution in [0.3, 0.4) is 0 Å². The fraction of sp³-hybridized carbons (Fsp3) is 0.385. The molecule has 1 fully saturated rings. The highest BCUT2D eigenvalue weighted by Crippen LogP contribution is 2.32. The van der Waals surface area contributed by atoms with E-state index < -0.39 is 24.0 Å². The molecule has 1 atom stereocenters. The molecule has 8 nitrogen and oxygen atoms in total. The fourth-order valence-electron chi connectivity index (χ4n) is 4.42. The average molecular weight is 464 g/mol. The van der Waals surface area contributed by atoms with Gasteiger partial charge in [-0.1, -0.05) is 38.3 Å². The van der Waals surface area contributed by atoms with E-state index in [2.05, 4.69) is 15.6 Å². The van der Waals surface area contributed by atoms with Crippen molar-refractivity contribution in [1.29, 1.82) is 0 Å². The van der Waals surface area contributed by atoms with Crippen LogP contribution in [0.25, 0.3) is 0 Å². The minimum atomic E-state index is -0.720. The van der Waals surface area contributed by atoms with E-state index in [9.17, 15) is 14.4 Å². The molecule has 8 heteroatoms. The summed E-state index contributed by atoms with van der Waals surface area (Å²) in [4.78, 5) is 41.9. The van der Waals surface area contributed by atoms with E-state index in [1.165, 1.54) is 18.8 Å². The molecule has 1 aromatic heterocycles. The van der Waals surface area contributed by atoms with Gasteiger partial charge in [0.25, 0.3) is 0 Å². The van der Waals surface area contributed by atoms with E-state index >= 15 is 0 Å². The summed E-state index contributed by atoms with van der Waals surface area (Å²) in [6, 6.07) is 8.81. The van der Waals surface area contributed by atoms with Gasteiger partial charge in [-0.2, -0.15) is 0 Å². The minimum Gasteiger partial charge on any atom is -0.462 e. The molecule has 0 saturated heterocycles. The monoisotopic (exact) mass is 463 g/mol. The number of ether oxygens (including phenoxy) is 2. The summed E-state index contributed by atoms with van der Waals surface area (Å²) in [6.45, 7) is 2.25. The van der Waals surface area contributed by atoms with Crippen molar-refractivity contribution in [3.63, 3.8) is 0 Å². The quantitative estimate of drug-likeness (QED) is 0.464. The van der Waals surface area contributed by atoms with Crippen molar-refractivity contribution in [3.8, 4) is 5.75 Å². The molecule has 2 aromatic rings. The Kier molecular flexibility index (Phi) is 7.57. The van der Waals surface area contributed by atoms with Crippen molar-refractivity contribution in [2.24, 2.45) is 5.92 Å². The van der Waals surface area contributed by atoms with E-state index in [1.807, 2.05) is 6.92 Å². The Balaban J connectivity index is 1.55. The minimum absolute atomic E-state index is 0.306. The van der Waals surface area contributed by atoms with Gasteiger partial charge in [-0.05, 0) is 55.0 Å². The third-order valence-electron chi connectivity index (χ3n) is 6.22. The van der Waals surface area contributed by atoms with Crippen LogP contribution in [0.2, 0.25) is 0 Å². The standard InChI is InChI=1S/C26H29N3O5/c1-2-21-22(25(31)33-16-17-7-4-3-5-8-17)23(29-26(32)28-21)19-9-6-10-20(15-19)34-24(30)18-11-13-27-14-12-18/h6,9-15,17,23H,2-5,7-8,16H2,1H3,(H2,28,29,32)/t23-/m0/s1. The summed E-state index contributed by atoms with van der Waals surface area (Å²) < 4.78 is 11.2. The summed E-state index contributed by atoms with van der Waals surface area (Å²) in [5.74, 6) is -0.283. The van der Waals surface area contributed by atoms with Crippen LogP contribution in [-0.4, -0.2) is 29.6 Å². The van der Waals surface area contributed by atoms with Gasteiger partial charge in [-0.25, -0.2) is 14.4 Å². The molecule has 0 radical (unpaired) electrons. The van der Waals surface area contributed by atoms with Crippen LogP contribution in [-0.2, 0) is 9.53 Å². The molecule has 1 aliphatic carbocycles. The maximum Gasteiger partial charge on any atom is 0.343 e. The Hall–Kier alpha value is -3.68. The molecule has 2 N–H and O–H groups in total. The summed E-state index contributed by atoms with van der Waals surface area (Å²) >= 11 is 0. The number of urea groups is 1. The van der Waals surface area contributed by atoms with Crippen molar-refractivity contribution < 1.29 is 23.9 Å². The van der Waals surface area contributed by atoms with Gasteiger partial charge in [0.05, 0.1) is 23.8 Å². The predicted octanol–water partition coefficient (Wildman–Crippen LogP) is 4.44. The SMILES string of the molecule is CCC1=C(C(=O)OCC2CCCCC2)[C@H](c2cccc(OC(=O)c3ccncc3)c2)NC(=O)N1.